The number of nitrogens with zero attached hydrogens (tertiary/aromatic N) is 3. The van der Waals surface area contributed by atoms with Gasteiger partial charge in [-0.15, -0.1) is 0 Å². The Morgan fingerprint density at radius 1 is 1.08 bits per heavy atom. The van der Waals surface area contributed by atoms with Crippen LogP contribution >= 0.6 is 0 Å². The molecular formula is C20H22N4O2. The summed E-state index contributed by atoms with van der Waals surface area (Å²) in [6.45, 7) is 9.78. The van der Waals surface area contributed by atoms with E-state index >= 15 is 0 Å². The molecule has 0 fully saturated rings. The highest BCUT2D eigenvalue weighted by Gasteiger charge is 2.18. The van der Waals surface area contributed by atoms with Crippen molar-refractivity contribution in [3.63, 3.8) is 0 Å². The number of carbonyl (C=O) groups excluding carboxylic acids is 1. The molecule has 0 aliphatic rings. The van der Waals surface area contributed by atoms with Crippen LogP contribution in [0.15, 0.2) is 34.9 Å². The van der Waals surface area contributed by atoms with Gasteiger partial charge in [0.1, 0.15) is 5.82 Å². The fraction of sp³-hybridized carbons (Fsp3) is 0.300. The third-order valence-corrected chi connectivity index (χ3v) is 4.17. The minimum atomic E-state index is -0.223. The summed E-state index contributed by atoms with van der Waals surface area (Å²) < 4.78 is 5.08. The van der Waals surface area contributed by atoms with Crippen molar-refractivity contribution in [2.45, 2.75) is 40.5 Å². The SMILES string of the molecule is Cc1cc(C)c(-c2noc(C)n2)c(NC(=O)c2ccc(C(C)C)cc2)n1. The molecule has 2 aromatic heterocycles. The third-order valence-electron chi connectivity index (χ3n) is 4.17. The molecule has 1 amide bonds. The Balaban J connectivity index is 1.95. The van der Waals surface area contributed by atoms with Gasteiger partial charge in [0.2, 0.25) is 11.7 Å². The Kier molecular flexibility index (Phi) is 4.84. The van der Waals surface area contributed by atoms with E-state index in [0.29, 0.717) is 34.6 Å². The van der Waals surface area contributed by atoms with Gasteiger partial charge in [0.05, 0.1) is 5.56 Å². The zero-order chi connectivity index (χ0) is 18.8. The fourth-order valence-corrected chi connectivity index (χ4v) is 2.81. The lowest BCUT2D eigenvalue weighted by Gasteiger charge is -2.12. The van der Waals surface area contributed by atoms with E-state index in [0.717, 1.165) is 11.3 Å². The summed E-state index contributed by atoms with van der Waals surface area (Å²) in [5, 5.41) is 6.86. The smallest absolute Gasteiger partial charge is 0.256 e. The van der Waals surface area contributed by atoms with Gasteiger partial charge in [0, 0.05) is 18.2 Å². The molecular weight excluding hydrogens is 328 g/mol. The number of benzene rings is 1. The van der Waals surface area contributed by atoms with Crippen LogP contribution in [0.25, 0.3) is 11.4 Å². The van der Waals surface area contributed by atoms with E-state index in [2.05, 4.69) is 34.3 Å². The molecule has 0 spiro atoms. The summed E-state index contributed by atoms with van der Waals surface area (Å²) in [5.41, 5.74) is 4.15. The summed E-state index contributed by atoms with van der Waals surface area (Å²) in [6.07, 6.45) is 0. The monoisotopic (exact) mass is 350 g/mol. The van der Waals surface area contributed by atoms with Crippen molar-refractivity contribution in [3.05, 3.63) is 58.6 Å². The van der Waals surface area contributed by atoms with Gasteiger partial charge in [-0.3, -0.25) is 4.79 Å². The summed E-state index contributed by atoms with van der Waals surface area (Å²) in [6, 6.07) is 9.51. The predicted molar refractivity (Wildman–Crippen MR) is 100 cm³/mol. The van der Waals surface area contributed by atoms with Crippen LogP contribution in [0.5, 0.6) is 0 Å². The highest BCUT2D eigenvalue weighted by Crippen LogP contribution is 2.29. The van der Waals surface area contributed by atoms with Crippen molar-refractivity contribution in [3.8, 4) is 11.4 Å². The first kappa shape index (κ1) is 17.8. The number of amides is 1. The van der Waals surface area contributed by atoms with Crippen molar-refractivity contribution in [1.82, 2.24) is 15.1 Å². The van der Waals surface area contributed by atoms with Crippen LogP contribution in [0.1, 0.15) is 52.8 Å². The molecule has 0 atom stereocenters. The maximum atomic E-state index is 12.7. The number of aryl methyl sites for hydroxylation is 3. The molecule has 6 heteroatoms. The zero-order valence-corrected chi connectivity index (χ0v) is 15.6. The second-order valence-corrected chi connectivity index (χ2v) is 6.67. The number of hydrogen-bond acceptors (Lipinski definition) is 5. The normalized spacial score (nSPS) is 11.0. The van der Waals surface area contributed by atoms with E-state index < -0.39 is 0 Å². The van der Waals surface area contributed by atoms with Crippen molar-refractivity contribution in [1.29, 1.82) is 0 Å². The van der Waals surface area contributed by atoms with Crippen molar-refractivity contribution < 1.29 is 9.32 Å². The number of nitrogens with one attached hydrogen (secondary N) is 1. The van der Waals surface area contributed by atoms with Gasteiger partial charge in [0.15, 0.2) is 0 Å². The molecule has 0 bridgehead atoms. The molecule has 0 aliphatic heterocycles. The maximum Gasteiger partial charge on any atom is 0.256 e. The summed E-state index contributed by atoms with van der Waals surface area (Å²) in [4.78, 5) is 21.4. The average molecular weight is 350 g/mol. The molecule has 1 aromatic carbocycles. The number of rotatable bonds is 4. The Morgan fingerprint density at radius 2 is 1.77 bits per heavy atom. The number of carbonyl (C=O) groups is 1. The molecule has 2 heterocycles. The molecule has 0 saturated heterocycles. The molecule has 26 heavy (non-hydrogen) atoms. The summed E-state index contributed by atoms with van der Waals surface area (Å²) >= 11 is 0. The lowest BCUT2D eigenvalue weighted by Crippen LogP contribution is -2.15. The maximum absolute atomic E-state index is 12.7. The largest absolute Gasteiger partial charge is 0.339 e. The van der Waals surface area contributed by atoms with Gasteiger partial charge >= 0.3 is 0 Å². The Bertz CT molecular complexity index is 943. The van der Waals surface area contributed by atoms with E-state index in [4.69, 9.17) is 4.52 Å². The fourth-order valence-electron chi connectivity index (χ4n) is 2.81. The molecule has 1 N–H and O–H groups in total. The van der Waals surface area contributed by atoms with Crippen LogP contribution in [-0.2, 0) is 0 Å². The van der Waals surface area contributed by atoms with Crippen LogP contribution in [0.2, 0.25) is 0 Å². The van der Waals surface area contributed by atoms with Crippen LogP contribution in [0.3, 0.4) is 0 Å². The quantitative estimate of drug-likeness (QED) is 0.752. The summed E-state index contributed by atoms with van der Waals surface area (Å²) in [7, 11) is 0. The molecule has 0 radical (unpaired) electrons. The van der Waals surface area contributed by atoms with Crippen LogP contribution in [-0.4, -0.2) is 21.0 Å². The number of aromatic nitrogens is 3. The first-order valence-electron chi connectivity index (χ1n) is 8.55. The zero-order valence-electron chi connectivity index (χ0n) is 15.6. The number of hydrogen-bond donors (Lipinski definition) is 1. The van der Waals surface area contributed by atoms with Gasteiger partial charge in [-0.2, -0.15) is 4.98 Å². The van der Waals surface area contributed by atoms with Crippen molar-refractivity contribution in [2.24, 2.45) is 0 Å². The topological polar surface area (TPSA) is 80.9 Å². The predicted octanol–water partition coefficient (Wildman–Crippen LogP) is 4.43. The van der Waals surface area contributed by atoms with Gasteiger partial charge < -0.3 is 9.84 Å². The van der Waals surface area contributed by atoms with Crippen molar-refractivity contribution in [2.75, 3.05) is 5.32 Å². The third kappa shape index (κ3) is 3.64. The van der Waals surface area contributed by atoms with E-state index in [1.165, 1.54) is 5.56 Å². The lowest BCUT2D eigenvalue weighted by molar-refractivity contribution is 0.102. The first-order valence-corrected chi connectivity index (χ1v) is 8.55. The minimum Gasteiger partial charge on any atom is -0.339 e. The molecule has 0 saturated carbocycles. The second-order valence-electron chi connectivity index (χ2n) is 6.67. The molecule has 3 rings (SSSR count). The Hall–Kier alpha value is -3.02. The lowest BCUT2D eigenvalue weighted by atomic mass is 10.0. The second kappa shape index (κ2) is 7.07. The molecule has 0 aliphatic carbocycles. The number of pyridine rings is 1. The van der Waals surface area contributed by atoms with Crippen LogP contribution in [0.4, 0.5) is 5.82 Å². The van der Waals surface area contributed by atoms with Gasteiger partial charge in [0.25, 0.3) is 5.91 Å². The average Bonchev–Trinajstić information content (AvgIpc) is 3.00. The molecule has 6 nitrogen and oxygen atoms in total. The highest BCUT2D eigenvalue weighted by atomic mass is 16.5. The summed E-state index contributed by atoms with van der Waals surface area (Å²) in [5.74, 6) is 1.50. The van der Waals surface area contributed by atoms with E-state index in [1.54, 1.807) is 6.92 Å². The minimum absolute atomic E-state index is 0.223. The van der Waals surface area contributed by atoms with E-state index in [1.807, 2.05) is 44.2 Å². The number of anilines is 1. The first-order chi connectivity index (χ1) is 12.3. The van der Waals surface area contributed by atoms with Gasteiger partial charge in [-0.05, 0) is 49.1 Å². The van der Waals surface area contributed by atoms with Crippen LogP contribution < -0.4 is 5.32 Å². The van der Waals surface area contributed by atoms with Gasteiger partial charge in [-0.1, -0.05) is 31.1 Å². The molecule has 134 valence electrons. The Labute approximate surface area is 152 Å². The van der Waals surface area contributed by atoms with E-state index in [-0.39, 0.29) is 5.91 Å². The Morgan fingerprint density at radius 3 is 2.35 bits per heavy atom. The van der Waals surface area contributed by atoms with Crippen LogP contribution in [0, 0.1) is 20.8 Å². The van der Waals surface area contributed by atoms with Crippen molar-refractivity contribution >= 4 is 11.7 Å². The standard InChI is InChI=1S/C20H22N4O2/c1-11(2)15-6-8-16(9-7-15)20(25)23-18-17(12(3)10-13(4)21-18)19-22-14(5)26-24-19/h6-11H,1-5H3,(H,21,23,25). The van der Waals surface area contributed by atoms with Gasteiger partial charge in [-0.25, -0.2) is 4.98 Å². The molecule has 3 aromatic rings. The van der Waals surface area contributed by atoms with E-state index in [9.17, 15) is 4.79 Å². The highest BCUT2D eigenvalue weighted by molar-refractivity contribution is 6.05. The molecule has 0 unspecified atom stereocenters.